The first-order valence-corrected chi connectivity index (χ1v) is 8.09. The van der Waals surface area contributed by atoms with E-state index in [9.17, 15) is 4.39 Å². The highest BCUT2D eigenvalue weighted by atomic mass is 127. The summed E-state index contributed by atoms with van der Waals surface area (Å²) in [5.74, 6) is 0.543. The largest absolute Gasteiger partial charge is 0.327 e. The van der Waals surface area contributed by atoms with Gasteiger partial charge in [0.05, 0.1) is 0 Å². The average molecular weight is 387 g/mol. The first-order valence-electron chi connectivity index (χ1n) is 6.02. The maximum absolute atomic E-state index is 13.4. The van der Waals surface area contributed by atoms with Gasteiger partial charge in [0.2, 0.25) is 0 Å². The van der Waals surface area contributed by atoms with Crippen LogP contribution >= 0.6 is 34.4 Å². The monoisotopic (exact) mass is 387 g/mol. The topological polar surface area (TPSA) is 26.0 Å². The number of benzene rings is 2. The van der Waals surface area contributed by atoms with E-state index in [0.717, 1.165) is 6.42 Å². The van der Waals surface area contributed by atoms with E-state index in [2.05, 4.69) is 46.9 Å². The molecule has 1 nitrogen and oxygen atoms in total. The molecular weight excluding hydrogens is 372 g/mol. The SMILES string of the molecule is NC(CSc1ccccc1F)Cc1ccc(I)cc1. The van der Waals surface area contributed by atoms with Gasteiger partial charge in [-0.05, 0) is 58.8 Å². The first-order chi connectivity index (χ1) is 9.15. The molecular formula is C15H15FINS. The Bertz CT molecular complexity index is 530. The number of nitrogens with two attached hydrogens (primary N) is 1. The molecule has 0 saturated carbocycles. The van der Waals surface area contributed by atoms with Crippen LogP contribution in [0.3, 0.4) is 0 Å². The van der Waals surface area contributed by atoms with Crippen molar-refractivity contribution < 1.29 is 4.39 Å². The Balaban J connectivity index is 1.86. The standard InChI is InChI=1S/C15H15FINS/c16-14-3-1-2-4-15(14)19-10-13(18)9-11-5-7-12(17)8-6-11/h1-8,13H,9-10,18H2. The van der Waals surface area contributed by atoms with Gasteiger partial charge in [-0.15, -0.1) is 11.8 Å². The summed E-state index contributed by atoms with van der Waals surface area (Å²) in [4.78, 5) is 0.667. The third-order valence-corrected chi connectivity index (χ3v) is 4.66. The number of hydrogen-bond acceptors (Lipinski definition) is 2. The molecule has 19 heavy (non-hydrogen) atoms. The summed E-state index contributed by atoms with van der Waals surface area (Å²) in [5.41, 5.74) is 7.32. The fourth-order valence-corrected chi connectivity index (χ4v) is 2.99. The Morgan fingerprint density at radius 1 is 1.11 bits per heavy atom. The normalized spacial score (nSPS) is 12.4. The maximum atomic E-state index is 13.4. The summed E-state index contributed by atoms with van der Waals surface area (Å²) in [6.07, 6.45) is 0.818. The van der Waals surface area contributed by atoms with Gasteiger partial charge in [-0.1, -0.05) is 24.3 Å². The zero-order valence-electron chi connectivity index (χ0n) is 10.4. The van der Waals surface area contributed by atoms with Gasteiger partial charge < -0.3 is 5.73 Å². The highest BCUT2D eigenvalue weighted by Crippen LogP contribution is 2.22. The number of hydrogen-bond donors (Lipinski definition) is 1. The molecule has 0 fully saturated rings. The van der Waals surface area contributed by atoms with E-state index in [-0.39, 0.29) is 11.9 Å². The van der Waals surface area contributed by atoms with Crippen LogP contribution in [0, 0.1) is 9.39 Å². The predicted octanol–water partition coefficient (Wildman–Crippen LogP) is 4.09. The zero-order valence-corrected chi connectivity index (χ0v) is 13.3. The quantitative estimate of drug-likeness (QED) is 0.618. The second kappa shape index (κ2) is 7.26. The maximum Gasteiger partial charge on any atom is 0.136 e. The predicted molar refractivity (Wildman–Crippen MR) is 88.0 cm³/mol. The van der Waals surface area contributed by atoms with Crippen molar-refractivity contribution in [2.45, 2.75) is 17.4 Å². The van der Waals surface area contributed by atoms with E-state index in [0.29, 0.717) is 10.6 Å². The second-order valence-corrected chi connectivity index (χ2v) is 6.64. The lowest BCUT2D eigenvalue weighted by atomic mass is 10.1. The first kappa shape index (κ1) is 14.8. The van der Waals surface area contributed by atoms with Crippen molar-refractivity contribution in [3.05, 3.63) is 63.5 Å². The molecule has 1 unspecified atom stereocenters. The summed E-state index contributed by atoms with van der Waals surface area (Å²) in [5, 5.41) is 0. The Labute approximate surface area is 130 Å². The number of rotatable bonds is 5. The van der Waals surface area contributed by atoms with Crippen LogP contribution in [0.15, 0.2) is 53.4 Å². The molecule has 1 atom stereocenters. The van der Waals surface area contributed by atoms with E-state index in [1.54, 1.807) is 12.1 Å². The fourth-order valence-electron chi connectivity index (χ4n) is 1.74. The number of thioether (sulfide) groups is 1. The third-order valence-electron chi connectivity index (χ3n) is 2.70. The van der Waals surface area contributed by atoms with Crippen molar-refractivity contribution in [1.82, 2.24) is 0 Å². The molecule has 0 radical (unpaired) electrons. The molecule has 100 valence electrons. The van der Waals surface area contributed by atoms with Gasteiger partial charge in [0.15, 0.2) is 0 Å². The van der Waals surface area contributed by atoms with Crippen LogP contribution in [0.25, 0.3) is 0 Å². The fraction of sp³-hybridized carbons (Fsp3) is 0.200. The summed E-state index contributed by atoms with van der Waals surface area (Å²) < 4.78 is 14.7. The van der Waals surface area contributed by atoms with Crippen molar-refractivity contribution in [3.63, 3.8) is 0 Å². The molecule has 0 saturated heterocycles. The zero-order chi connectivity index (χ0) is 13.7. The smallest absolute Gasteiger partial charge is 0.136 e. The van der Waals surface area contributed by atoms with E-state index in [1.807, 2.05) is 6.07 Å². The molecule has 0 spiro atoms. The van der Waals surface area contributed by atoms with Gasteiger partial charge in [0.1, 0.15) is 5.82 Å². The molecule has 0 aromatic heterocycles. The molecule has 0 aliphatic rings. The molecule has 0 aliphatic carbocycles. The van der Waals surface area contributed by atoms with Crippen molar-refractivity contribution in [1.29, 1.82) is 0 Å². The van der Waals surface area contributed by atoms with E-state index < -0.39 is 0 Å². The summed E-state index contributed by atoms with van der Waals surface area (Å²) >= 11 is 3.76. The van der Waals surface area contributed by atoms with Crippen LogP contribution in [0.4, 0.5) is 4.39 Å². The molecule has 0 bridgehead atoms. The lowest BCUT2D eigenvalue weighted by Gasteiger charge is -2.11. The lowest BCUT2D eigenvalue weighted by molar-refractivity contribution is 0.601. The molecule has 0 heterocycles. The summed E-state index contributed by atoms with van der Waals surface area (Å²) in [7, 11) is 0. The minimum absolute atomic E-state index is 0.0321. The van der Waals surface area contributed by atoms with Crippen LogP contribution in [0.5, 0.6) is 0 Å². The third kappa shape index (κ3) is 4.78. The van der Waals surface area contributed by atoms with Crippen LogP contribution in [-0.4, -0.2) is 11.8 Å². The average Bonchev–Trinajstić information content (AvgIpc) is 2.40. The van der Waals surface area contributed by atoms with Gasteiger partial charge in [-0.3, -0.25) is 0 Å². The van der Waals surface area contributed by atoms with Gasteiger partial charge in [-0.25, -0.2) is 4.39 Å². The Hall–Kier alpha value is -0.590. The minimum atomic E-state index is -0.172. The van der Waals surface area contributed by atoms with Crippen LogP contribution in [0.2, 0.25) is 0 Å². The molecule has 0 amide bonds. The summed E-state index contributed by atoms with van der Waals surface area (Å²) in [6.45, 7) is 0. The van der Waals surface area contributed by atoms with Gasteiger partial charge in [0, 0.05) is 20.3 Å². The minimum Gasteiger partial charge on any atom is -0.327 e. The van der Waals surface area contributed by atoms with E-state index in [1.165, 1.54) is 27.0 Å². The van der Waals surface area contributed by atoms with Crippen molar-refractivity contribution in [3.8, 4) is 0 Å². The van der Waals surface area contributed by atoms with Crippen molar-refractivity contribution in [2.75, 3.05) is 5.75 Å². The van der Waals surface area contributed by atoms with Crippen molar-refractivity contribution >= 4 is 34.4 Å². The van der Waals surface area contributed by atoms with E-state index in [4.69, 9.17) is 5.73 Å². The Morgan fingerprint density at radius 3 is 2.47 bits per heavy atom. The van der Waals surface area contributed by atoms with Gasteiger partial charge in [-0.2, -0.15) is 0 Å². The van der Waals surface area contributed by atoms with Gasteiger partial charge >= 0.3 is 0 Å². The summed E-state index contributed by atoms with van der Waals surface area (Å²) in [6, 6.07) is 15.2. The number of halogens is 2. The lowest BCUT2D eigenvalue weighted by Crippen LogP contribution is -2.25. The molecule has 4 heteroatoms. The molecule has 2 rings (SSSR count). The van der Waals surface area contributed by atoms with Gasteiger partial charge in [0.25, 0.3) is 0 Å². The van der Waals surface area contributed by atoms with Crippen molar-refractivity contribution in [2.24, 2.45) is 5.73 Å². The molecule has 2 aromatic rings. The van der Waals surface area contributed by atoms with Crippen LogP contribution in [-0.2, 0) is 6.42 Å². The van der Waals surface area contributed by atoms with Crippen LogP contribution in [0.1, 0.15) is 5.56 Å². The molecule has 2 aromatic carbocycles. The molecule has 0 aliphatic heterocycles. The highest BCUT2D eigenvalue weighted by Gasteiger charge is 2.07. The molecule has 2 N–H and O–H groups in total. The Morgan fingerprint density at radius 2 is 1.79 bits per heavy atom. The van der Waals surface area contributed by atoms with E-state index >= 15 is 0 Å². The van der Waals surface area contributed by atoms with Crippen LogP contribution < -0.4 is 5.73 Å². The second-order valence-electron chi connectivity index (χ2n) is 4.33. The highest BCUT2D eigenvalue weighted by molar-refractivity contribution is 14.1. The Kier molecular flexibility index (Phi) is 5.66.